The van der Waals surface area contributed by atoms with Gasteiger partial charge in [0.25, 0.3) is 10.0 Å². The maximum absolute atomic E-state index is 14.0. The zero-order valence-electron chi connectivity index (χ0n) is 22.6. The van der Waals surface area contributed by atoms with Crippen LogP contribution in [0.15, 0.2) is 83.8 Å². The second-order valence-corrected chi connectivity index (χ2v) is 11.3. The summed E-state index contributed by atoms with van der Waals surface area (Å²) in [4.78, 5) is 28.7. The highest BCUT2D eigenvalue weighted by Gasteiger charge is 2.33. The zero-order valence-corrected chi connectivity index (χ0v) is 23.4. The average molecular weight is 536 g/mol. The van der Waals surface area contributed by atoms with Crippen molar-refractivity contribution in [2.24, 2.45) is 0 Å². The third-order valence-corrected chi connectivity index (χ3v) is 8.06. The Morgan fingerprint density at radius 1 is 0.868 bits per heavy atom. The van der Waals surface area contributed by atoms with Gasteiger partial charge in [-0.25, -0.2) is 8.42 Å². The van der Waals surface area contributed by atoms with Gasteiger partial charge >= 0.3 is 0 Å². The van der Waals surface area contributed by atoms with Crippen molar-refractivity contribution < 1.29 is 18.0 Å². The van der Waals surface area contributed by atoms with E-state index >= 15 is 0 Å². The van der Waals surface area contributed by atoms with Crippen molar-refractivity contribution in [2.75, 3.05) is 17.4 Å². The maximum Gasteiger partial charge on any atom is 0.264 e. The van der Waals surface area contributed by atoms with Gasteiger partial charge in [-0.1, -0.05) is 74.0 Å². The number of rotatable bonds is 12. The van der Waals surface area contributed by atoms with Gasteiger partial charge in [0.2, 0.25) is 11.8 Å². The van der Waals surface area contributed by atoms with Crippen LogP contribution in [0.3, 0.4) is 0 Å². The Bertz CT molecular complexity index is 1340. The number of aryl methyl sites for hydroxylation is 2. The van der Waals surface area contributed by atoms with Crippen molar-refractivity contribution >= 4 is 27.5 Å². The molecular formula is C30H37N3O4S. The van der Waals surface area contributed by atoms with E-state index in [0.717, 1.165) is 27.4 Å². The van der Waals surface area contributed by atoms with Crippen molar-refractivity contribution in [3.8, 4) is 0 Å². The third-order valence-electron chi connectivity index (χ3n) is 6.27. The molecule has 0 aliphatic carbocycles. The second kappa shape index (κ2) is 13.2. The van der Waals surface area contributed by atoms with E-state index in [4.69, 9.17) is 0 Å². The number of nitrogens with zero attached hydrogens (tertiary/aromatic N) is 2. The average Bonchev–Trinajstić information content (AvgIpc) is 2.90. The fourth-order valence-corrected chi connectivity index (χ4v) is 5.75. The topological polar surface area (TPSA) is 86.8 Å². The molecule has 3 rings (SSSR count). The molecule has 8 heteroatoms. The minimum atomic E-state index is -4.06. The number of amides is 2. The highest BCUT2D eigenvalue weighted by molar-refractivity contribution is 7.92. The number of carbonyl (C=O) groups is 2. The lowest BCUT2D eigenvalue weighted by Crippen LogP contribution is -2.52. The lowest BCUT2D eigenvalue weighted by atomic mass is 10.1. The summed E-state index contributed by atoms with van der Waals surface area (Å²) in [5.74, 6) is -0.700. The summed E-state index contributed by atoms with van der Waals surface area (Å²) in [5, 5.41) is 2.90. The van der Waals surface area contributed by atoms with Crippen molar-refractivity contribution in [3.63, 3.8) is 0 Å². The Morgan fingerprint density at radius 3 is 2.13 bits per heavy atom. The molecular weight excluding hydrogens is 498 g/mol. The summed E-state index contributed by atoms with van der Waals surface area (Å²) in [6, 6.07) is 22.1. The summed E-state index contributed by atoms with van der Waals surface area (Å²) in [6.45, 7) is 7.90. The second-order valence-electron chi connectivity index (χ2n) is 9.39. The Balaban J connectivity index is 2.04. The van der Waals surface area contributed by atoms with Gasteiger partial charge in [-0.05, 0) is 62.1 Å². The van der Waals surface area contributed by atoms with Gasteiger partial charge in [0.1, 0.15) is 12.6 Å². The van der Waals surface area contributed by atoms with Gasteiger partial charge in [-0.15, -0.1) is 0 Å². The summed E-state index contributed by atoms with van der Waals surface area (Å²) >= 11 is 0. The molecule has 0 spiro atoms. The maximum atomic E-state index is 14.0. The van der Waals surface area contributed by atoms with E-state index in [1.807, 2.05) is 58.0 Å². The van der Waals surface area contributed by atoms with Gasteiger partial charge < -0.3 is 10.2 Å². The van der Waals surface area contributed by atoms with Crippen LogP contribution in [0.5, 0.6) is 0 Å². The van der Waals surface area contributed by atoms with E-state index in [2.05, 4.69) is 5.32 Å². The van der Waals surface area contributed by atoms with Gasteiger partial charge in [-0.3, -0.25) is 13.9 Å². The number of anilines is 1. The molecule has 38 heavy (non-hydrogen) atoms. The Kier molecular flexibility index (Phi) is 10.1. The number of nitrogens with one attached hydrogen (secondary N) is 1. The third kappa shape index (κ3) is 7.22. The van der Waals surface area contributed by atoms with Crippen LogP contribution in [-0.2, 0) is 26.2 Å². The normalized spacial score (nSPS) is 12.0. The van der Waals surface area contributed by atoms with Crippen LogP contribution < -0.4 is 9.62 Å². The standard InChI is InChI=1S/C30H37N3O4S/c1-5-18-31-30(35)28(6-2)32(21-25-14-10-12-23(3)19-25)29(34)22-33(26-15-11-13-24(4)20-26)38(36,37)27-16-8-7-9-17-27/h7-17,19-20,28H,5-6,18,21-22H2,1-4H3,(H,31,35)/t28-/m1/s1. The largest absolute Gasteiger partial charge is 0.354 e. The highest BCUT2D eigenvalue weighted by Crippen LogP contribution is 2.25. The minimum Gasteiger partial charge on any atom is -0.354 e. The molecule has 3 aromatic rings. The molecule has 0 heterocycles. The van der Waals surface area contributed by atoms with E-state index in [1.54, 1.807) is 36.4 Å². The number of hydrogen-bond acceptors (Lipinski definition) is 4. The number of hydrogen-bond donors (Lipinski definition) is 1. The molecule has 202 valence electrons. The predicted octanol–water partition coefficient (Wildman–Crippen LogP) is 4.83. The van der Waals surface area contributed by atoms with E-state index in [0.29, 0.717) is 18.7 Å². The van der Waals surface area contributed by atoms with Crippen LogP contribution in [0, 0.1) is 13.8 Å². The van der Waals surface area contributed by atoms with E-state index in [1.165, 1.54) is 17.0 Å². The first-order chi connectivity index (χ1) is 18.2. The fourth-order valence-electron chi connectivity index (χ4n) is 4.32. The zero-order chi connectivity index (χ0) is 27.7. The molecule has 0 fully saturated rings. The van der Waals surface area contributed by atoms with E-state index in [-0.39, 0.29) is 17.3 Å². The molecule has 0 aliphatic rings. The summed E-state index contributed by atoms with van der Waals surface area (Å²) < 4.78 is 28.7. The molecule has 0 radical (unpaired) electrons. The molecule has 2 amide bonds. The molecule has 0 unspecified atom stereocenters. The van der Waals surface area contributed by atoms with Crippen LogP contribution in [0.1, 0.15) is 43.4 Å². The van der Waals surface area contributed by atoms with Crippen molar-refractivity contribution in [1.29, 1.82) is 0 Å². The molecule has 3 aromatic carbocycles. The molecule has 1 N–H and O–H groups in total. The van der Waals surface area contributed by atoms with Gasteiger partial charge in [-0.2, -0.15) is 0 Å². The molecule has 1 atom stereocenters. The Labute approximate surface area is 226 Å². The first kappa shape index (κ1) is 28.9. The van der Waals surface area contributed by atoms with Crippen LogP contribution in [-0.4, -0.2) is 44.3 Å². The Hall–Kier alpha value is -3.65. The summed E-state index contributed by atoms with van der Waals surface area (Å²) in [5.41, 5.74) is 3.16. The molecule has 0 aliphatic heterocycles. The number of benzene rings is 3. The van der Waals surface area contributed by atoms with Gasteiger partial charge in [0.15, 0.2) is 0 Å². The molecule has 0 saturated heterocycles. The molecule has 0 saturated carbocycles. The van der Waals surface area contributed by atoms with Crippen molar-refractivity contribution in [1.82, 2.24) is 10.2 Å². The van der Waals surface area contributed by atoms with Crippen LogP contribution in [0.4, 0.5) is 5.69 Å². The van der Waals surface area contributed by atoms with Crippen molar-refractivity contribution in [3.05, 3.63) is 95.6 Å². The van der Waals surface area contributed by atoms with E-state index < -0.39 is 28.5 Å². The first-order valence-corrected chi connectivity index (χ1v) is 14.4. The molecule has 0 bridgehead atoms. The van der Waals surface area contributed by atoms with Crippen LogP contribution >= 0.6 is 0 Å². The highest BCUT2D eigenvalue weighted by atomic mass is 32.2. The van der Waals surface area contributed by atoms with Crippen LogP contribution in [0.2, 0.25) is 0 Å². The predicted molar refractivity (Wildman–Crippen MR) is 151 cm³/mol. The van der Waals surface area contributed by atoms with Crippen molar-refractivity contribution in [2.45, 2.75) is 58.0 Å². The summed E-state index contributed by atoms with van der Waals surface area (Å²) in [6.07, 6.45) is 1.16. The minimum absolute atomic E-state index is 0.0901. The molecule has 0 aromatic heterocycles. The monoisotopic (exact) mass is 535 g/mol. The lowest BCUT2D eigenvalue weighted by molar-refractivity contribution is -0.140. The summed E-state index contributed by atoms with van der Waals surface area (Å²) in [7, 11) is -4.06. The van der Waals surface area contributed by atoms with Crippen LogP contribution in [0.25, 0.3) is 0 Å². The first-order valence-electron chi connectivity index (χ1n) is 12.9. The number of carbonyl (C=O) groups excluding carboxylic acids is 2. The van der Waals surface area contributed by atoms with Gasteiger partial charge in [0.05, 0.1) is 10.6 Å². The number of sulfonamides is 1. The quantitative estimate of drug-likeness (QED) is 0.360. The van der Waals surface area contributed by atoms with E-state index in [9.17, 15) is 18.0 Å². The molecule has 7 nitrogen and oxygen atoms in total. The Morgan fingerprint density at radius 2 is 1.53 bits per heavy atom. The fraction of sp³-hybridized carbons (Fsp3) is 0.333. The smallest absolute Gasteiger partial charge is 0.264 e. The van der Waals surface area contributed by atoms with Gasteiger partial charge in [0, 0.05) is 13.1 Å². The SMILES string of the molecule is CCCNC(=O)[C@@H](CC)N(Cc1cccc(C)c1)C(=O)CN(c1cccc(C)c1)S(=O)(=O)c1ccccc1. The lowest BCUT2D eigenvalue weighted by Gasteiger charge is -2.33.